The minimum atomic E-state index is -0.420. The Morgan fingerprint density at radius 2 is 1.82 bits per heavy atom. The Morgan fingerprint density at radius 1 is 1.02 bits per heavy atom. The number of anilines is 1. The van der Waals surface area contributed by atoms with E-state index in [1.165, 1.54) is 5.56 Å². The predicted molar refractivity (Wildman–Crippen MR) is 216 cm³/mol. The van der Waals surface area contributed by atoms with Gasteiger partial charge >= 0.3 is 12.1 Å². The van der Waals surface area contributed by atoms with Gasteiger partial charge in [0, 0.05) is 50.1 Å². The van der Waals surface area contributed by atoms with Gasteiger partial charge in [0.25, 0.3) is 0 Å². The van der Waals surface area contributed by atoms with Gasteiger partial charge in [0.1, 0.15) is 12.1 Å². The third-order valence-corrected chi connectivity index (χ3v) is 11.2. The number of ether oxygens (including phenoxy) is 2. The molecule has 6 heterocycles. The maximum absolute atomic E-state index is 12.7. The van der Waals surface area contributed by atoms with Gasteiger partial charge in [0.15, 0.2) is 5.82 Å². The van der Waals surface area contributed by atoms with Gasteiger partial charge in [-0.3, -0.25) is 19.7 Å². The molecule has 5 aromatic rings. The van der Waals surface area contributed by atoms with Crippen LogP contribution in [0.4, 0.5) is 15.4 Å². The Bertz CT molecular complexity index is 2300. The SMILES string of the molecule is Cc1cc(-c2ncnn3cc(OCCCN4CCC(c5ccc6c(N7CCC(=O)NC7=O)nn(C)c6c5)CC4)cc23)ccc1CNC(=O)N1CC(OC(C)(C)C)C1. The minimum absolute atomic E-state index is 0.0744. The summed E-state index contributed by atoms with van der Waals surface area (Å²) < 4.78 is 15.8. The highest BCUT2D eigenvalue weighted by Crippen LogP contribution is 2.34. The standard InChI is InChI=1S/C42H52N10O5/c1-27-19-30(7-8-31(27)22-43-40(54)50-23-33(24-50)57-42(2,3)4)38-36-21-32(25-52(36)45-26-44-38)56-18-6-14-49-15-11-28(12-16-49)29-9-10-34-35(20-29)48(5)47-39(34)51-17-13-37(53)46-41(51)55/h7-10,19-21,25-26,28,33H,6,11-18,22-24H2,1-5H3,(H,43,54)(H,46,53,55). The Morgan fingerprint density at radius 3 is 2.58 bits per heavy atom. The summed E-state index contributed by atoms with van der Waals surface area (Å²) in [4.78, 5) is 47.3. The zero-order chi connectivity index (χ0) is 39.8. The zero-order valence-corrected chi connectivity index (χ0v) is 33.5. The lowest BCUT2D eigenvalue weighted by Gasteiger charge is -2.41. The zero-order valence-electron chi connectivity index (χ0n) is 33.5. The number of imide groups is 1. The minimum Gasteiger partial charge on any atom is -0.492 e. The second kappa shape index (κ2) is 15.8. The van der Waals surface area contributed by atoms with Crippen LogP contribution in [0.1, 0.15) is 69.1 Å². The number of nitrogens with one attached hydrogen (secondary N) is 2. The van der Waals surface area contributed by atoms with Gasteiger partial charge in [-0.05, 0) is 101 Å². The molecule has 15 heteroatoms. The van der Waals surface area contributed by atoms with E-state index < -0.39 is 6.03 Å². The number of aryl methyl sites for hydroxylation is 2. The van der Waals surface area contributed by atoms with Gasteiger partial charge in [-0.2, -0.15) is 10.2 Å². The molecule has 0 spiro atoms. The first-order valence-electron chi connectivity index (χ1n) is 20.0. The van der Waals surface area contributed by atoms with Crippen molar-refractivity contribution in [2.24, 2.45) is 7.05 Å². The number of nitrogens with zero attached hydrogens (tertiary/aromatic N) is 8. The monoisotopic (exact) mass is 776 g/mol. The lowest BCUT2D eigenvalue weighted by molar-refractivity contribution is -0.120. The number of piperidine rings is 1. The fourth-order valence-electron chi connectivity index (χ4n) is 8.15. The van der Waals surface area contributed by atoms with E-state index in [1.807, 2.05) is 61.4 Å². The number of hydrogen-bond acceptors (Lipinski definition) is 9. The largest absolute Gasteiger partial charge is 0.492 e. The smallest absolute Gasteiger partial charge is 0.329 e. The molecule has 57 heavy (non-hydrogen) atoms. The Labute approximate surface area is 332 Å². The second-order valence-electron chi connectivity index (χ2n) is 16.5. The molecule has 8 rings (SSSR count). The quantitative estimate of drug-likeness (QED) is 0.168. The van der Waals surface area contributed by atoms with Crippen LogP contribution in [0.15, 0.2) is 55.0 Å². The number of urea groups is 2. The van der Waals surface area contributed by atoms with Crippen molar-refractivity contribution < 1.29 is 23.9 Å². The molecule has 2 N–H and O–H groups in total. The predicted octanol–water partition coefficient (Wildman–Crippen LogP) is 5.40. The van der Waals surface area contributed by atoms with Gasteiger partial charge in [-0.1, -0.05) is 18.2 Å². The van der Waals surface area contributed by atoms with Crippen molar-refractivity contribution in [2.75, 3.05) is 50.8 Å². The van der Waals surface area contributed by atoms with Gasteiger partial charge in [0.05, 0.1) is 54.3 Å². The molecule has 0 atom stereocenters. The number of likely N-dealkylation sites (tertiary alicyclic amines) is 2. The fourth-order valence-corrected chi connectivity index (χ4v) is 8.15. The van der Waals surface area contributed by atoms with Crippen LogP contribution in [0, 0.1) is 6.92 Å². The first kappa shape index (κ1) is 38.3. The molecule has 3 fully saturated rings. The van der Waals surface area contributed by atoms with Crippen molar-refractivity contribution in [3.8, 4) is 17.0 Å². The van der Waals surface area contributed by atoms with Crippen molar-refractivity contribution >= 4 is 40.2 Å². The normalized spacial score (nSPS) is 17.4. The molecule has 2 aromatic carbocycles. The van der Waals surface area contributed by atoms with E-state index in [4.69, 9.17) is 9.47 Å². The summed E-state index contributed by atoms with van der Waals surface area (Å²) in [5.41, 5.74) is 6.85. The molecule has 0 aliphatic carbocycles. The Hall–Kier alpha value is -5.54. The third kappa shape index (κ3) is 8.44. The molecular weight excluding hydrogens is 725 g/mol. The van der Waals surface area contributed by atoms with Crippen molar-refractivity contribution in [2.45, 2.75) is 77.5 Å². The van der Waals surface area contributed by atoms with Crippen molar-refractivity contribution in [3.63, 3.8) is 0 Å². The number of carbonyl (C=O) groups excluding carboxylic acids is 3. The van der Waals surface area contributed by atoms with Crippen LogP contribution in [-0.2, 0) is 23.1 Å². The summed E-state index contributed by atoms with van der Waals surface area (Å²) in [5, 5.41) is 15.4. The maximum atomic E-state index is 12.7. The van der Waals surface area contributed by atoms with Crippen molar-refractivity contribution in [3.05, 3.63) is 71.7 Å². The summed E-state index contributed by atoms with van der Waals surface area (Å²) in [6, 6.07) is 14.1. The van der Waals surface area contributed by atoms with E-state index >= 15 is 0 Å². The molecule has 0 saturated carbocycles. The van der Waals surface area contributed by atoms with Crippen LogP contribution in [-0.4, -0.2) is 110 Å². The molecule has 3 aromatic heterocycles. The van der Waals surface area contributed by atoms with E-state index in [1.54, 1.807) is 16.1 Å². The second-order valence-corrected chi connectivity index (χ2v) is 16.5. The molecule has 15 nitrogen and oxygen atoms in total. The molecule has 0 bridgehead atoms. The summed E-state index contributed by atoms with van der Waals surface area (Å²) >= 11 is 0. The van der Waals surface area contributed by atoms with E-state index in [2.05, 4.69) is 61.9 Å². The summed E-state index contributed by atoms with van der Waals surface area (Å²) in [7, 11) is 1.90. The number of carbonyl (C=O) groups is 3. The molecule has 5 amide bonds. The molecule has 3 saturated heterocycles. The van der Waals surface area contributed by atoms with E-state index in [0.29, 0.717) is 44.5 Å². The summed E-state index contributed by atoms with van der Waals surface area (Å²) in [6.07, 6.45) is 6.88. The van der Waals surface area contributed by atoms with Gasteiger partial charge < -0.3 is 24.6 Å². The van der Waals surface area contributed by atoms with Crippen LogP contribution in [0.2, 0.25) is 0 Å². The van der Waals surface area contributed by atoms with E-state index in [9.17, 15) is 14.4 Å². The van der Waals surface area contributed by atoms with Gasteiger partial charge in [-0.25, -0.2) is 19.1 Å². The highest BCUT2D eigenvalue weighted by molar-refractivity contribution is 6.08. The van der Waals surface area contributed by atoms with Crippen LogP contribution in [0.25, 0.3) is 27.7 Å². The lowest BCUT2D eigenvalue weighted by atomic mass is 9.89. The highest BCUT2D eigenvalue weighted by atomic mass is 16.5. The number of amides is 5. The first-order valence-corrected chi connectivity index (χ1v) is 20.0. The maximum Gasteiger partial charge on any atom is 0.329 e. The molecule has 0 radical (unpaired) electrons. The third-order valence-electron chi connectivity index (χ3n) is 11.2. The Balaban J connectivity index is 0.802. The molecular formula is C42H52N10O5. The average molecular weight is 777 g/mol. The number of benzene rings is 2. The van der Waals surface area contributed by atoms with Gasteiger partial charge in [0.2, 0.25) is 5.91 Å². The summed E-state index contributed by atoms with van der Waals surface area (Å²) in [5.74, 6) is 1.55. The van der Waals surface area contributed by atoms with Crippen molar-refractivity contribution in [1.29, 1.82) is 0 Å². The number of hydrogen-bond donors (Lipinski definition) is 2. The molecule has 0 unspecified atom stereocenters. The van der Waals surface area contributed by atoms with Crippen LogP contribution < -0.4 is 20.3 Å². The highest BCUT2D eigenvalue weighted by Gasteiger charge is 2.34. The van der Waals surface area contributed by atoms with Crippen LogP contribution in [0.5, 0.6) is 5.75 Å². The Kier molecular flexibility index (Phi) is 10.6. The van der Waals surface area contributed by atoms with Crippen LogP contribution >= 0.6 is 0 Å². The molecule has 3 aliphatic heterocycles. The molecule has 300 valence electrons. The number of aromatic nitrogens is 5. The van der Waals surface area contributed by atoms with Crippen molar-refractivity contribution in [1.82, 2.24) is 44.8 Å². The first-order chi connectivity index (χ1) is 27.4. The number of rotatable bonds is 11. The lowest BCUT2D eigenvalue weighted by Crippen LogP contribution is -2.59. The van der Waals surface area contributed by atoms with E-state index in [-0.39, 0.29) is 30.1 Å². The van der Waals surface area contributed by atoms with E-state index in [0.717, 1.165) is 83.5 Å². The topological polar surface area (TPSA) is 151 Å². The van der Waals surface area contributed by atoms with Gasteiger partial charge in [-0.15, -0.1) is 0 Å². The molecule has 3 aliphatic rings. The summed E-state index contributed by atoms with van der Waals surface area (Å²) in [6.45, 7) is 13.7. The average Bonchev–Trinajstić information content (AvgIpc) is 3.74. The van der Waals surface area contributed by atoms with Crippen LogP contribution in [0.3, 0.4) is 0 Å². The fraction of sp³-hybridized carbons (Fsp3) is 0.476. The number of fused-ring (bicyclic) bond motifs is 2.